The number of nitrogens with two attached hydrogens (primary N) is 2. The Morgan fingerprint density at radius 3 is 2.09 bits per heavy atom. The number of hydrogen-bond acceptors (Lipinski definition) is 6. The molecule has 0 saturated carbocycles. The molecule has 8 nitrogen and oxygen atoms in total. The number of carbonyl (C=O) groups is 2. The van der Waals surface area contributed by atoms with Crippen molar-refractivity contribution in [1.82, 2.24) is 10.6 Å². The van der Waals surface area contributed by atoms with Crippen molar-refractivity contribution in [2.75, 3.05) is 32.8 Å². The van der Waals surface area contributed by atoms with E-state index in [4.69, 9.17) is 20.9 Å². The van der Waals surface area contributed by atoms with Gasteiger partial charge < -0.3 is 31.6 Å². The Balaban J connectivity index is 4.19. The molecule has 0 unspecified atom stereocenters. The van der Waals surface area contributed by atoms with Gasteiger partial charge in [-0.1, -0.05) is 0 Å². The average molecular weight is 318 g/mol. The molecule has 130 valence electrons. The summed E-state index contributed by atoms with van der Waals surface area (Å²) in [5, 5.41) is 5.21. The largest absolute Gasteiger partial charge is 0.443 e. The molecule has 0 aromatic rings. The molecule has 0 radical (unpaired) electrons. The maximum atomic E-state index is 11.9. The van der Waals surface area contributed by atoms with Crippen LogP contribution in [0.4, 0.5) is 4.79 Å². The van der Waals surface area contributed by atoms with Gasteiger partial charge in [-0.3, -0.25) is 4.79 Å². The van der Waals surface area contributed by atoms with Gasteiger partial charge in [0.15, 0.2) is 0 Å². The Morgan fingerprint density at radius 2 is 1.55 bits per heavy atom. The minimum Gasteiger partial charge on any atom is -0.443 e. The minimum absolute atomic E-state index is 0.225. The first-order valence-corrected chi connectivity index (χ1v) is 7.44. The third-order valence-corrected chi connectivity index (χ3v) is 2.93. The van der Waals surface area contributed by atoms with E-state index in [1.54, 1.807) is 27.7 Å². The fourth-order valence-electron chi connectivity index (χ4n) is 1.53. The standard InChI is InChI=1S/C14H30N4O4/c1-13(2,22-12(20)18-9-7-16)5-10-21-14(3,4)11(19)17-8-6-15/h5-10,15-16H2,1-4H3,(H,17,19)(H,18,20). The lowest BCUT2D eigenvalue weighted by Gasteiger charge is -2.28. The number of nitrogens with one attached hydrogen (secondary N) is 2. The molecule has 0 saturated heterocycles. The average Bonchev–Trinajstić information content (AvgIpc) is 2.41. The molecule has 0 rings (SSSR count). The highest BCUT2D eigenvalue weighted by Gasteiger charge is 2.30. The Kier molecular flexibility index (Phi) is 9.00. The molecule has 0 aromatic heterocycles. The summed E-state index contributed by atoms with van der Waals surface area (Å²) in [6.45, 7) is 8.69. The van der Waals surface area contributed by atoms with Gasteiger partial charge in [-0.05, 0) is 27.7 Å². The van der Waals surface area contributed by atoms with Crippen molar-refractivity contribution in [1.29, 1.82) is 0 Å². The Labute approximate surface area is 132 Å². The molecular weight excluding hydrogens is 288 g/mol. The van der Waals surface area contributed by atoms with Crippen molar-refractivity contribution in [2.45, 2.75) is 45.3 Å². The number of ether oxygens (including phenoxy) is 2. The van der Waals surface area contributed by atoms with Crippen molar-refractivity contribution < 1.29 is 19.1 Å². The van der Waals surface area contributed by atoms with E-state index in [9.17, 15) is 9.59 Å². The van der Waals surface area contributed by atoms with E-state index in [1.807, 2.05) is 0 Å². The van der Waals surface area contributed by atoms with Gasteiger partial charge in [-0.25, -0.2) is 4.79 Å². The van der Waals surface area contributed by atoms with Gasteiger partial charge in [0.1, 0.15) is 11.2 Å². The molecule has 0 fully saturated rings. The second kappa shape index (κ2) is 9.60. The third-order valence-electron chi connectivity index (χ3n) is 2.93. The predicted molar refractivity (Wildman–Crippen MR) is 84.3 cm³/mol. The summed E-state index contributed by atoms with van der Waals surface area (Å²) in [6.07, 6.45) is -0.0631. The van der Waals surface area contributed by atoms with Gasteiger partial charge in [0.25, 0.3) is 5.91 Å². The third kappa shape index (κ3) is 8.81. The first-order valence-electron chi connectivity index (χ1n) is 7.44. The Bertz CT molecular complexity index is 359. The summed E-state index contributed by atoms with van der Waals surface area (Å²) < 4.78 is 10.9. The highest BCUT2D eigenvalue weighted by atomic mass is 16.6. The molecule has 0 aliphatic carbocycles. The van der Waals surface area contributed by atoms with E-state index in [0.29, 0.717) is 32.6 Å². The van der Waals surface area contributed by atoms with E-state index in [2.05, 4.69) is 10.6 Å². The maximum absolute atomic E-state index is 11.9. The minimum atomic E-state index is -0.965. The van der Waals surface area contributed by atoms with Gasteiger partial charge >= 0.3 is 6.09 Å². The van der Waals surface area contributed by atoms with Gasteiger partial charge in [-0.2, -0.15) is 0 Å². The smallest absolute Gasteiger partial charge is 0.407 e. The van der Waals surface area contributed by atoms with Crippen molar-refractivity contribution in [3.05, 3.63) is 0 Å². The van der Waals surface area contributed by atoms with Crippen molar-refractivity contribution in [3.63, 3.8) is 0 Å². The normalized spacial score (nSPS) is 11.9. The molecule has 0 aromatic carbocycles. The number of alkyl carbamates (subject to hydrolysis) is 1. The first-order chi connectivity index (χ1) is 10.1. The molecular formula is C14H30N4O4. The van der Waals surface area contributed by atoms with Crippen LogP contribution in [0.15, 0.2) is 0 Å². The van der Waals surface area contributed by atoms with Gasteiger partial charge in [-0.15, -0.1) is 0 Å². The number of hydrogen-bond donors (Lipinski definition) is 4. The lowest BCUT2D eigenvalue weighted by molar-refractivity contribution is -0.144. The number of carbonyl (C=O) groups excluding carboxylic acids is 2. The summed E-state index contributed by atoms with van der Waals surface area (Å²) in [5.41, 5.74) is 8.97. The maximum Gasteiger partial charge on any atom is 0.407 e. The SMILES string of the molecule is CC(C)(CCOC(C)(C)C(=O)NCCN)OC(=O)NCCN. The van der Waals surface area contributed by atoms with Crippen LogP contribution in [0.2, 0.25) is 0 Å². The highest BCUT2D eigenvalue weighted by molar-refractivity contribution is 5.84. The summed E-state index contributed by atoms with van der Waals surface area (Å²) in [7, 11) is 0. The molecule has 0 heterocycles. The van der Waals surface area contributed by atoms with E-state index < -0.39 is 17.3 Å². The Morgan fingerprint density at radius 1 is 1.00 bits per heavy atom. The van der Waals surface area contributed by atoms with Crippen LogP contribution in [0, 0.1) is 0 Å². The van der Waals surface area contributed by atoms with Crippen molar-refractivity contribution in [3.8, 4) is 0 Å². The quantitative estimate of drug-likeness (QED) is 0.438. The molecule has 0 bridgehead atoms. The van der Waals surface area contributed by atoms with Gasteiger partial charge in [0.05, 0.1) is 6.61 Å². The fraction of sp³-hybridized carbons (Fsp3) is 0.857. The molecule has 8 heteroatoms. The monoisotopic (exact) mass is 318 g/mol. The van der Waals surface area contributed by atoms with E-state index in [1.165, 1.54) is 0 Å². The van der Waals surface area contributed by atoms with Crippen LogP contribution in [-0.2, 0) is 14.3 Å². The molecule has 22 heavy (non-hydrogen) atoms. The lowest BCUT2D eigenvalue weighted by Crippen LogP contribution is -2.46. The van der Waals surface area contributed by atoms with Crippen LogP contribution < -0.4 is 22.1 Å². The molecule has 2 amide bonds. The second-order valence-corrected chi connectivity index (χ2v) is 6.02. The van der Waals surface area contributed by atoms with Crippen molar-refractivity contribution in [2.24, 2.45) is 11.5 Å². The zero-order valence-corrected chi connectivity index (χ0v) is 14.0. The van der Waals surface area contributed by atoms with Crippen LogP contribution >= 0.6 is 0 Å². The Hall–Kier alpha value is -1.38. The van der Waals surface area contributed by atoms with Crippen LogP contribution in [0.1, 0.15) is 34.1 Å². The molecule has 0 aliphatic heterocycles. The van der Waals surface area contributed by atoms with Gasteiger partial charge in [0, 0.05) is 32.6 Å². The van der Waals surface area contributed by atoms with Gasteiger partial charge in [0.2, 0.25) is 0 Å². The topological polar surface area (TPSA) is 129 Å². The predicted octanol–water partition coefficient (Wildman–Crippen LogP) is -0.290. The van der Waals surface area contributed by atoms with E-state index in [-0.39, 0.29) is 12.5 Å². The molecule has 0 aliphatic rings. The fourth-order valence-corrected chi connectivity index (χ4v) is 1.53. The van der Waals surface area contributed by atoms with Crippen LogP contribution in [0.25, 0.3) is 0 Å². The summed E-state index contributed by atoms with van der Waals surface area (Å²) >= 11 is 0. The van der Waals surface area contributed by atoms with E-state index >= 15 is 0 Å². The van der Waals surface area contributed by atoms with Crippen LogP contribution in [0.3, 0.4) is 0 Å². The zero-order valence-electron chi connectivity index (χ0n) is 14.0. The second-order valence-electron chi connectivity index (χ2n) is 6.02. The molecule has 0 atom stereocenters. The number of amides is 2. The van der Waals surface area contributed by atoms with E-state index in [0.717, 1.165) is 0 Å². The number of rotatable bonds is 10. The summed E-state index contributed by atoms with van der Waals surface area (Å²) in [5.74, 6) is -0.225. The summed E-state index contributed by atoms with van der Waals surface area (Å²) in [4.78, 5) is 23.4. The summed E-state index contributed by atoms with van der Waals surface area (Å²) in [6, 6.07) is 0. The van der Waals surface area contributed by atoms with Crippen molar-refractivity contribution >= 4 is 12.0 Å². The van der Waals surface area contributed by atoms with Crippen LogP contribution in [0.5, 0.6) is 0 Å². The molecule has 0 spiro atoms. The lowest BCUT2D eigenvalue weighted by atomic mass is 10.1. The zero-order chi connectivity index (χ0) is 17.2. The van der Waals surface area contributed by atoms with Crippen LogP contribution in [-0.4, -0.2) is 56.0 Å². The highest BCUT2D eigenvalue weighted by Crippen LogP contribution is 2.17. The first kappa shape index (κ1) is 20.6. The molecule has 6 N–H and O–H groups in total.